The standard InChI is InChI=1S/C19H23BrN2O3S/c1-4-19(5-2)12-22(8-9-26(19)24)17-11-16(18(23)25-3)21-15-7-6-13(20)10-14(15)17/h6-7,10-11H,4-5,8-9,12H2,1-3H3. The third-order valence-corrected chi connectivity index (χ3v) is 8.00. The summed E-state index contributed by atoms with van der Waals surface area (Å²) in [5.41, 5.74) is 1.98. The van der Waals surface area contributed by atoms with Gasteiger partial charge in [-0.1, -0.05) is 29.8 Å². The van der Waals surface area contributed by atoms with Gasteiger partial charge in [0.1, 0.15) is 0 Å². The maximum Gasteiger partial charge on any atom is 0.356 e. The molecule has 1 aromatic heterocycles. The van der Waals surface area contributed by atoms with E-state index in [4.69, 9.17) is 4.74 Å². The second-order valence-electron chi connectivity index (χ2n) is 6.54. The predicted octanol–water partition coefficient (Wildman–Crippen LogP) is 3.91. The third kappa shape index (κ3) is 3.39. The number of nitrogens with zero attached hydrogens (tertiary/aromatic N) is 2. The molecule has 1 aromatic carbocycles. The van der Waals surface area contributed by atoms with E-state index in [0.29, 0.717) is 24.5 Å². The van der Waals surface area contributed by atoms with Gasteiger partial charge in [0.15, 0.2) is 5.69 Å². The Hall–Kier alpha value is -1.47. The van der Waals surface area contributed by atoms with Gasteiger partial charge >= 0.3 is 5.97 Å². The summed E-state index contributed by atoms with van der Waals surface area (Å²) < 4.78 is 18.3. The second kappa shape index (κ2) is 7.64. The molecule has 1 saturated heterocycles. The number of esters is 1. The molecule has 1 fully saturated rings. The molecule has 1 aliphatic heterocycles. The fraction of sp³-hybridized carbons (Fsp3) is 0.474. The molecule has 2 heterocycles. The van der Waals surface area contributed by atoms with Crippen molar-refractivity contribution >= 4 is 49.3 Å². The van der Waals surface area contributed by atoms with E-state index in [9.17, 15) is 9.00 Å². The molecule has 26 heavy (non-hydrogen) atoms. The first-order chi connectivity index (χ1) is 12.4. The first-order valence-corrected chi connectivity index (χ1v) is 10.9. The molecule has 1 unspecified atom stereocenters. The number of hydrogen-bond acceptors (Lipinski definition) is 5. The lowest BCUT2D eigenvalue weighted by Crippen LogP contribution is -2.53. The van der Waals surface area contributed by atoms with Gasteiger partial charge in [-0.05, 0) is 37.1 Å². The van der Waals surface area contributed by atoms with Crippen LogP contribution in [0.5, 0.6) is 0 Å². The molecule has 0 bridgehead atoms. The van der Waals surface area contributed by atoms with E-state index in [1.165, 1.54) is 7.11 Å². The van der Waals surface area contributed by atoms with Crippen LogP contribution in [0.2, 0.25) is 0 Å². The van der Waals surface area contributed by atoms with Crippen LogP contribution in [0.25, 0.3) is 10.9 Å². The summed E-state index contributed by atoms with van der Waals surface area (Å²) in [7, 11) is 0.517. The van der Waals surface area contributed by atoms with Crippen LogP contribution >= 0.6 is 15.9 Å². The van der Waals surface area contributed by atoms with Crippen molar-refractivity contribution in [1.82, 2.24) is 4.98 Å². The molecule has 140 valence electrons. The van der Waals surface area contributed by atoms with E-state index in [-0.39, 0.29) is 4.75 Å². The van der Waals surface area contributed by atoms with Crippen molar-refractivity contribution in [3.05, 3.63) is 34.4 Å². The van der Waals surface area contributed by atoms with Crippen molar-refractivity contribution in [2.45, 2.75) is 31.4 Å². The lowest BCUT2D eigenvalue weighted by atomic mass is 10.00. The fourth-order valence-corrected chi connectivity index (χ4v) is 5.68. The summed E-state index contributed by atoms with van der Waals surface area (Å²) in [5.74, 6) is 0.182. The fourth-order valence-electron chi connectivity index (χ4n) is 3.56. The van der Waals surface area contributed by atoms with Crippen LogP contribution in [0.1, 0.15) is 37.2 Å². The molecule has 1 aliphatic rings. The van der Waals surface area contributed by atoms with E-state index in [1.54, 1.807) is 6.07 Å². The molecule has 5 nitrogen and oxygen atoms in total. The molecule has 0 amide bonds. The number of benzene rings is 1. The van der Waals surface area contributed by atoms with Gasteiger partial charge in [-0.3, -0.25) is 4.21 Å². The van der Waals surface area contributed by atoms with E-state index in [0.717, 1.165) is 33.9 Å². The summed E-state index contributed by atoms with van der Waals surface area (Å²) in [4.78, 5) is 18.8. The molecule has 7 heteroatoms. The summed E-state index contributed by atoms with van der Waals surface area (Å²) >= 11 is 3.52. The van der Waals surface area contributed by atoms with Crippen LogP contribution in [0.4, 0.5) is 5.69 Å². The zero-order chi connectivity index (χ0) is 18.9. The Bertz CT molecular complexity index is 867. The van der Waals surface area contributed by atoms with Crippen LogP contribution < -0.4 is 4.90 Å². The molecule has 0 aliphatic carbocycles. The number of anilines is 1. The predicted molar refractivity (Wildman–Crippen MR) is 109 cm³/mol. The summed E-state index contributed by atoms with van der Waals surface area (Å²) in [6, 6.07) is 7.62. The Morgan fingerprint density at radius 3 is 2.73 bits per heavy atom. The second-order valence-corrected chi connectivity index (χ2v) is 9.42. The minimum Gasteiger partial charge on any atom is -0.464 e. The quantitative estimate of drug-likeness (QED) is 0.677. The molecular weight excluding hydrogens is 416 g/mol. The minimum absolute atomic E-state index is 0.217. The summed E-state index contributed by atoms with van der Waals surface area (Å²) in [5, 5.41) is 0.973. The largest absolute Gasteiger partial charge is 0.464 e. The van der Waals surface area contributed by atoms with Crippen LogP contribution in [0.15, 0.2) is 28.7 Å². The highest BCUT2D eigenvalue weighted by molar-refractivity contribution is 9.10. The van der Waals surface area contributed by atoms with Crippen molar-refractivity contribution in [1.29, 1.82) is 0 Å². The van der Waals surface area contributed by atoms with Crippen molar-refractivity contribution in [3.8, 4) is 0 Å². The summed E-state index contributed by atoms with van der Waals surface area (Å²) in [6.45, 7) is 5.61. The third-order valence-electron chi connectivity index (χ3n) is 5.28. The maximum atomic E-state index is 12.7. The van der Waals surface area contributed by atoms with Crippen LogP contribution in [0, 0.1) is 0 Å². The van der Waals surface area contributed by atoms with Gasteiger partial charge in [-0.2, -0.15) is 0 Å². The monoisotopic (exact) mass is 438 g/mol. The topological polar surface area (TPSA) is 59.5 Å². The lowest BCUT2D eigenvalue weighted by Gasteiger charge is -2.42. The Morgan fingerprint density at radius 2 is 2.08 bits per heavy atom. The van der Waals surface area contributed by atoms with Gasteiger partial charge in [0.05, 0.1) is 17.4 Å². The maximum absolute atomic E-state index is 12.7. The number of carbonyl (C=O) groups is 1. The van der Waals surface area contributed by atoms with Gasteiger partial charge in [-0.15, -0.1) is 0 Å². The molecule has 0 spiro atoms. The van der Waals surface area contributed by atoms with Crippen molar-refractivity contribution in [3.63, 3.8) is 0 Å². The van der Waals surface area contributed by atoms with E-state index in [1.807, 2.05) is 18.2 Å². The molecule has 3 rings (SSSR count). The Balaban J connectivity index is 2.14. The molecule has 1 atom stereocenters. The van der Waals surface area contributed by atoms with Gasteiger partial charge in [0.25, 0.3) is 0 Å². The van der Waals surface area contributed by atoms with E-state index >= 15 is 0 Å². The van der Waals surface area contributed by atoms with Gasteiger partial charge in [0, 0.05) is 45.2 Å². The van der Waals surface area contributed by atoms with Crippen LogP contribution in [0.3, 0.4) is 0 Å². The highest BCUT2D eigenvalue weighted by Crippen LogP contribution is 2.35. The highest BCUT2D eigenvalue weighted by Gasteiger charge is 2.39. The normalized spacial score (nSPS) is 19.5. The number of fused-ring (bicyclic) bond motifs is 1. The average Bonchev–Trinajstić information content (AvgIpc) is 2.67. The molecule has 0 radical (unpaired) electrons. The number of halogens is 1. The summed E-state index contributed by atoms with van der Waals surface area (Å²) in [6.07, 6.45) is 1.73. The van der Waals surface area contributed by atoms with Crippen molar-refractivity contribution in [2.24, 2.45) is 0 Å². The average molecular weight is 439 g/mol. The molecule has 0 N–H and O–H groups in total. The minimum atomic E-state index is -0.843. The first-order valence-electron chi connectivity index (χ1n) is 8.76. The van der Waals surface area contributed by atoms with Crippen LogP contribution in [-0.2, 0) is 15.5 Å². The lowest BCUT2D eigenvalue weighted by molar-refractivity contribution is 0.0594. The van der Waals surface area contributed by atoms with Crippen LogP contribution in [-0.4, -0.2) is 45.9 Å². The highest BCUT2D eigenvalue weighted by atomic mass is 79.9. The first kappa shape index (κ1) is 19.3. The zero-order valence-corrected chi connectivity index (χ0v) is 17.7. The van der Waals surface area contributed by atoms with Gasteiger partial charge in [-0.25, -0.2) is 9.78 Å². The SMILES string of the molecule is CCC1(CC)CN(c2cc(C(=O)OC)nc3ccc(Br)cc23)CCS1=O. The molecule has 0 saturated carbocycles. The number of rotatable bonds is 4. The number of ether oxygens (including phenoxy) is 1. The number of methoxy groups -OCH3 is 1. The van der Waals surface area contributed by atoms with Crippen molar-refractivity contribution in [2.75, 3.05) is 30.9 Å². The van der Waals surface area contributed by atoms with Gasteiger partial charge in [0.2, 0.25) is 0 Å². The number of hydrogen-bond donors (Lipinski definition) is 0. The smallest absolute Gasteiger partial charge is 0.356 e. The van der Waals surface area contributed by atoms with E-state index in [2.05, 4.69) is 39.7 Å². The Labute approximate surface area is 164 Å². The number of pyridine rings is 1. The van der Waals surface area contributed by atoms with Gasteiger partial charge < -0.3 is 9.64 Å². The van der Waals surface area contributed by atoms with Crippen molar-refractivity contribution < 1.29 is 13.7 Å². The Morgan fingerprint density at radius 1 is 1.35 bits per heavy atom. The number of aromatic nitrogens is 1. The van der Waals surface area contributed by atoms with E-state index < -0.39 is 16.8 Å². The molecule has 2 aromatic rings. The molecular formula is C19H23BrN2O3S. The number of carbonyl (C=O) groups excluding carboxylic acids is 1. The Kier molecular flexibility index (Phi) is 5.67. The zero-order valence-electron chi connectivity index (χ0n) is 15.3.